The molecule has 0 aliphatic heterocycles. The second-order valence-electron chi connectivity index (χ2n) is 4.90. The summed E-state index contributed by atoms with van der Waals surface area (Å²) in [5.74, 6) is 0.336. The molecule has 0 saturated carbocycles. The monoisotopic (exact) mass is 248 g/mol. The summed E-state index contributed by atoms with van der Waals surface area (Å²) >= 11 is 0. The summed E-state index contributed by atoms with van der Waals surface area (Å²) in [6.45, 7) is 5.33. The zero-order valence-corrected chi connectivity index (χ0v) is 11.6. The fraction of sp³-hybridized carbons (Fsp3) is 0.533. The normalized spacial score (nSPS) is 12.2. The van der Waals surface area contributed by atoms with E-state index in [1.54, 1.807) is 4.90 Å². The molecule has 0 aromatic heterocycles. The topological polar surface area (TPSA) is 46.3 Å². The van der Waals surface area contributed by atoms with Crippen molar-refractivity contribution < 1.29 is 4.79 Å². The summed E-state index contributed by atoms with van der Waals surface area (Å²) in [5.41, 5.74) is 7.82. The summed E-state index contributed by atoms with van der Waals surface area (Å²) in [6, 6.07) is 8.11. The third kappa shape index (κ3) is 4.15. The molecule has 0 radical (unpaired) electrons. The number of hydrogen-bond acceptors (Lipinski definition) is 2. The Balaban J connectivity index is 2.57. The molecule has 0 aliphatic rings. The van der Waals surface area contributed by atoms with Crippen molar-refractivity contribution in [2.75, 3.05) is 7.05 Å². The highest BCUT2D eigenvalue weighted by atomic mass is 16.2. The fourth-order valence-electron chi connectivity index (χ4n) is 2.07. The van der Waals surface area contributed by atoms with Gasteiger partial charge in [0, 0.05) is 26.1 Å². The van der Waals surface area contributed by atoms with Gasteiger partial charge in [-0.1, -0.05) is 44.5 Å². The average Bonchev–Trinajstić information content (AvgIpc) is 2.39. The van der Waals surface area contributed by atoms with Gasteiger partial charge in [-0.25, -0.2) is 0 Å². The van der Waals surface area contributed by atoms with E-state index in [4.69, 9.17) is 5.73 Å². The van der Waals surface area contributed by atoms with E-state index in [0.29, 0.717) is 13.1 Å². The van der Waals surface area contributed by atoms with Crippen LogP contribution in [0.4, 0.5) is 0 Å². The Hall–Kier alpha value is -1.35. The van der Waals surface area contributed by atoms with Crippen LogP contribution in [-0.4, -0.2) is 17.9 Å². The summed E-state index contributed by atoms with van der Waals surface area (Å²) in [5, 5.41) is 0. The largest absolute Gasteiger partial charge is 0.341 e. The van der Waals surface area contributed by atoms with Crippen molar-refractivity contribution in [1.82, 2.24) is 4.90 Å². The molecule has 1 aromatic carbocycles. The molecule has 1 atom stereocenters. The van der Waals surface area contributed by atoms with Crippen LogP contribution in [0.2, 0.25) is 0 Å². The predicted molar refractivity (Wildman–Crippen MR) is 74.9 cm³/mol. The Morgan fingerprint density at radius 1 is 1.28 bits per heavy atom. The minimum Gasteiger partial charge on any atom is -0.341 e. The first-order valence-electron chi connectivity index (χ1n) is 6.61. The molecule has 1 amide bonds. The number of carbonyl (C=O) groups is 1. The molecule has 0 bridgehead atoms. The van der Waals surface area contributed by atoms with Gasteiger partial charge < -0.3 is 10.6 Å². The van der Waals surface area contributed by atoms with Crippen molar-refractivity contribution >= 4 is 5.91 Å². The van der Waals surface area contributed by atoms with Crippen LogP contribution >= 0.6 is 0 Å². The predicted octanol–water partition coefficient (Wildman–Crippen LogP) is 2.54. The van der Waals surface area contributed by atoms with Gasteiger partial charge in [0.2, 0.25) is 5.91 Å². The number of hydrogen-bond donors (Lipinski definition) is 1. The molecule has 0 fully saturated rings. The Kier molecular flexibility index (Phi) is 5.86. The Morgan fingerprint density at radius 2 is 1.83 bits per heavy atom. The minimum atomic E-state index is 0.114. The maximum Gasteiger partial charge on any atom is 0.225 e. The van der Waals surface area contributed by atoms with E-state index in [2.05, 4.69) is 6.92 Å². The average molecular weight is 248 g/mol. The van der Waals surface area contributed by atoms with Gasteiger partial charge in [-0.05, 0) is 17.5 Å². The van der Waals surface area contributed by atoms with Crippen LogP contribution in [0.15, 0.2) is 24.3 Å². The molecule has 1 unspecified atom stereocenters. The van der Waals surface area contributed by atoms with Crippen LogP contribution in [0.1, 0.15) is 37.8 Å². The van der Waals surface area contributed by atoms with Gasteiger partial charge in [0.1, 0.15) is 0 Å². The molecule has 0 saturated heterocycles. The number of nitrogens with zero attached hydrogens (tertiary/aromatic N) is 1. The van der Waals surface area contributed by atoms with Crippen LogP contribution < -0.4 is 5.73 Å². The van der Waals surface area contributed by atoms with E-state index in [9.17, 15) is 4.79 Å². The van der Waals surface area contributed by atoms with Gasteiger partial charge in [0.25, 0.3) is 0 Å². The zero-order chi connectivity index (χ0) is 13.5. The van der Waals surface area contributed by atoms with Crippen LogP contribution in [0.25, 0.3) is 0 Å². The first-order chi connectivity index (χ1) is 8.58. The second kappa shape index (κ2) is 7.17. The summed E-state index contributed by atoms with van der Waals surface area (Å²) in [4.78, 5) is 13.9. The lowest BCUT2D eigenvalue weighted by atomic mass is 10.0. The summed E-state index contributed by atoms with van der Waals surface area (Å²) < 4.78 is 0. The lowest BCUT2D eigenvalue weighted by Crippen LogP contribution is -2.31. The van der Waals surface area contributed by atoms with Crippen LogP contribution in [-0.2, 0) is 17.9 Å². The van der Waals surface area contributed by atoms with Crippen molar-refractivity contribution in [2.24, 2.45) is 11.7 Å². The van der Waals surface area contributed by atoms with Gasteiger partial charge in [-0.3, -0.25) is 4.79 Å². The van der Waals surface area contributed by atoms with Crippen molar-refractivity contribution in [3.63, 3.8) is 0 Å². The van der Waals surface area contributed by atoms with E-state index < -0.39 is 0 Å². The molecule has 2 N–H and O–H groups in total. The maximum atomic E-state index is 12.1. The van der Waals surface area contributed by atoms with Gasteiger partial charge in [-0.15, -0.1) is 0 Å². The number of benzene rings is 1. The van der Waals surface area contributed by atoms with Gasteiger partial charge >= 0.3 is 0 Å². The van der Waals surface area contributed by atoms with E-state index >= 15 is 0 Å². The smallest absolute Gasteiger partial charge is 0.225 e. The lowest BCUT2D eigenvalue weighted by Gasteiger charge is -2.21. The molecule has 1 rings (SSSR count). The Bertz CT molecular complexity index is 373. The van der Waals surface area contributed by atoms with E-state index in [1.807, 2.05) is 38.2 Å². The minimum absolute atomic E-state index is 0.114. The SMILES string of the molecule is CCCC(C)C(=O)N(C)Cc1ccc(CN)cc1. The number of rotatable bonds is 6. The Labute approximate surface area is 110 Å². The molecular weight excluding hydrogens is 224 g/mol. The fourth-order valence-corrected chi connectivity index (χ4v) is 2.07. The zero-order valence-electron chi connectivity index (χ0n) is 11.6. The molecule has 100 valence electrons. The highest BCUT2D eigenvalue weighted by Gasteiger charge is 2.16. The van der Waals surface area contributed by atoms with Crippen LogP contribution in [0.3, 0.4) is 0 Å². The Morgan fingerprint density at radius 3 is 2.33 bits per heavy atom. The van der Waals surface area contributed by atoms with E-state index in [1.165, 1.54) is 0 Å². The van der Waals surface area contributed by atoms with Crippen molar-refractivity contribution in [3.8, 4) is 0 Å². The number of nitrogens with two attached hydrogens (primary N) is 1. The van der Waals surface area contributed by atoms with Gasteiger partial charge in [0.15, 0.2) is 0 Å². The van der Waals surface area contributed by atoms with Crippen LogP contribution in [0.5, 0.6) is 0 Å². The first kappa shape index (κ1) is 14.7. The van der Waals surface area contributed by atoms with Gasteiger partial charge in [0.05, 0.1) is 0 Å². The molecule has 0 heterocycles. The van der Waals surface area contributed by atoms with E-state index in [0.717, 1.165) is 24.0 Å². The molecule has 3 nitrogen and oxygen atoms in total. The van der Waals surface area contributed by atoms with Crippen molar-refractivity contribution in [1.29, 1.82) is 0 Å². The maximum absolute atomic E-state index is 12.1. The third-order valence-corrected chi connectivity index (χ3v) is 3.20. The number of amides is 1. The molecule has 3 heteroatoms. The number of carbonyl (C=O) groups excluding carboxylic acids is 1. The third-order valence-electron chi connectivity index (χ3n) is 3.20. The second-order valence-corrected chi connectivity index (χ2v) is 4.90. The quantitative estimate of drug-likeness (QED) is 0.841. The molecule has 0 aliphatic carbocycles. The lowest BCUT2D eigenvalue weighted by molar-refractivity contribution is -0.134. The molecule has 1 aromatic rings. The van der Waals surface area contributed by atoms with Gasteiger partial charge in [-0.2, -0.15) is 0 Å². The van der Waals surface area contributed by atoms with Crippen LogP contribution in [0, 0.1) is 5.92 Å². The van der Waals surface area contributed by atoms with Crippen molar-refractivity contribution in [3.05, 3.63) is 35.4 Å². The highest BCUT2D eigenvalue weighted by molar-refractivity contribution is 5.78. The molecular formula is C15H24N2O. The summed E-state index contributed by atoms with van der Waals surface area (Å²) in [7, 11) is 1.87. The first-order valence-corrected chi connectivity index (χ1v) is 6.61. The molecule has 0 spiro atoms. The highest BCUT2D eigenvalue weighted by Crippen LogP contribution is 2.12. The standard InChI is InChI=1S/C15H24N2O/c1-4-5-12(2)15(18)17(3)11-14-8-6-13(10-16)7-9-14/h6-9,12H,4-5,10-11,16H2,1-3H3. The summed E-state index contributed by atoms with van der Waals surface area (Å²) in [6.07, 6.45) is 2.00. The molecule has 18 heavy (non-hydrogen) atoms. The van der Waals surface area contributed by atoms with E-state index in [-0.39, 0.29) is 11.8 Å². The van der Waals surface area contributed by atoms with Crippen molar-refractivity contribution in [2.45, 2.75) is 39.8 Å².